The summed E-state index contributed by atoms with van der Waals surface area (Å²) in [6, 6.07) is 1.64. The molecule has 1 heterocycles. The zero-order valence-corrected chi connectivity index (χ0v) is 9.22. The van der Waals surface area contributed by atoms with Crippen molar-refractivity contribution in [1.29, 1.82) is 0 Å². The minimum atomic E-state index is -0.202. The Kier molecular flexibility index (Phi) is 3.69. The summed E-state index contributed by atoms with van der Waals surface area (Å²) in [6.45, 7) is 0. The predicted octanol–water partition coefficient (Wildman–Crippen LogP) is 2.27. The molecule has 13 heavy (non-hydrogen) atoms. The fourth-order valence-electron chi connectivity index (χ4n) is 0.861. The van der Waals surface area contributed by atoms with E-state index in [4.69, 9.17) is 16.3 Å². The summed E-state index contributed by atoms with van der Waals surface area (Å²) in [4.78, 5) is 15.2. The lowest BCUT2D eigenvalue weighted by Crippen LogP contribution is -2.04. The van der Waals surface area contributed by atoms with E-state index in [1.54, 1.807) is 12.3 Å². The van der Waals surface area contributed by atoms with E-state index >= 15 is 0 Å². The molecule has 0 aromatic carbocycles. The molecule has 0 atom stereocenters. The molecule has 1 aromatic rings. The highest BCUT2D eigenvalue weighted by Gasteiger charge is 2.12. The SMILES string of the molecule is COc1ncc(Br)cc1C(=O)CCl. The van der Waals surface area contributed by atoms with Crippen LogP contribution < -0.4 is 4.74 Å². The molecule has 5 heteroatoms. The number of aromatic nitrogens is 1. The average molecular weight is 265 g/mol. The molecule has 0 N–H and O–H groups in total. The van der Waals surface area contributed by atoms with E-state index in [-0.39, 0.29) is 11.7 Å². The van der Waals surface area contributed by atoms with Crippen LogP contribution in [0.3, 0.4) is 0 Å². The van der Waals surface area contributed by atoms with Crippen LogP contribution in [0.15, 0.2) is 16.7 Å². The van der Waals surface area contributed by atoms with Gasteiger partial charge in [0, 0.05) is 10.7 Å². The standard InChI is InChI=1S/C8H7BrClNO2/c1-13-8-6(7(12)3-10)2-5(9)4-11-8/h2,4H,3H2,1H3. The Balaban J connectivity index is 3.15. The van der Waals surface area contributed by atoms with Gasteiger partial charge in [0.25, 0.3) is 0 Å². The van der Waals surface area contributed by atoms with Gasteiger partial charge in [-0.3, -0.25) is 4.79 Å². The second-order valence-corrected chi connectivity index (χ2v) is 3.45. The molecule has 0 amide bonds. The number of ether oxygens (including phenoxy) is 1. The summed E-state index contributed by atoms with van der Waals surface area (Å²) in [5.74, 6) is 0.0234. The first-order valence-electron chi connectivity index (χ1n) is 3.47. The number of ketones is 1. The lowest BCUT2D eigenvalue weighted by atomic mass is 10.2. The monoisotopic (exact) mass is 263 g/mol. The van der Waals surface area contributed by atoms with Crippen molar-refractivity contribution in [2.45, 2.75) is 0 Å². The molecule has 0 bridgehead atoms. The molecule has 0 aliphatic heterocycles. The first kappa shape index (κ1) is 10.5. The third-order valence-electron chi connectivity index (χ3n) is 1.43. The van der Waals surface area contributed by atoms with Gasteiger partial charge in [-0.05, 0) is 22.0 Å². The Bertz CT molecular complexity index is 330. The number of rotatable bonds is 3. The van der Waals surface area contributed by atoms with Crippen LogP contribution in [-0.4, -0.2) is 23.8 Å². The number of pyridine rings is 1. The van der Waals surface area contributed by atoms with E-state index < -0.39 is 0 Å². The second kappa shape index (κ2) is 4.58. The molecule has 0 aliphatic carbocycles. The number of Topliss-reactive ketones (excluding diaryl/α,β-unsaturated/α-hetero) is 1. The van der Waals surface area contributed by atoms with Crippen molar-refractivity contribution < 1.29 is 9.53 Å². The normalized spacial score (nSPS) is 9.77. The van der Waals surface area contributed by atoms with Gasteiger partial charge in [0.1, 0.15) is 0 Å². The maximum Gasteiger partial charge on any atom is 0.224 e. The van der Waals surface area contributed by atoms with Crippen molar-refractivity contribution in [3.8, 4) is 5.88 Å². The molecule has 1 aromatic heterocycles. The topological polar surface area (TPSA) is 39.2 Å². The predicted molar refractivity (Wildman–Crippen MR) is 53.5 cm³/mol. The van der Waals surface area contributed by atoms with Crippen LogP contribution >= 0.6 is 27.5 Å². The lowest BCUT2D eigenvalue weighted by molar-refractivity contribution is 0.101. The summed E-state index contributed by atoms with van der Waals surface area (Å²) in [5.41, 5.74) is 0.395. The number of carbonyl (C=O) groups excluding carboxylic acids is 1. The molecule has 0 spiro atoms. The highest BCUT2D eigenvalue weighted by atomic mass is 79.9. The first-order valence-corrected chi connectivity index (χ1v) is 4.80. The van der Waals surface area contributed by atoms with Crippen molar-refractivity contribution in [2.75, 3.05) is 13.0 Å². The molecular formula is C8H7BrClNO2. The van der Waals surface area contributed by atoms with E-state index in [2.05, 4.69) is 20.9 Å². The summed E-state index contributed by atoms with van der Waals surface area (Å²) < 4.78 is 5.64. The van der Waals surface area contributed by atoms with Crippen LogP contribution in [0.2, 0.25) is 0 Å². The fourth-order valence-corrected chi connectivity index (χ4v) is 1.34. The minimum Gasteiger partial charge on any atom is -0.480 e. The lowest BCUT2D eigenvalue weighted by Gasteiger charge is -2.04. The van der Waals surface area contributed by atoms with Crippen LogP contribution in [0, 0.1) is 0 Å². The summed E-state index contributed by atoms with van der Waals surface area (Å²) >= 11 is 8.63. The van der Waals surface area contributed by atoms with Gasteiger partial charge >= 0.3 is 0 Å². The van der Waals surface area contributed by atoms with Crippen molar-refractivity contribution in [3.63, 3.8) is 0 Å². The van der Waals surface area contributed by atoms with Crippen molar-refractivity contribution >= 4 is 33.3 Å². The van der Waals surface area contributed by atoms with Crippen LogP contribution in [0.5, 0.6) is 5.88 Å². The van der Waals surface area contributed by atoms with Gasteiger partial charge in [-0.2, -0.15) is 0 Å². The Morgan fingerprint density at radius 3 is 3.00 bits per heavy atom. The fraction of sp³-hybridized carbons (Fsp3) is 0.250. The summed E-state index contributed by atoms with van der Waals surface area (Å²) in [6.07, 6.45) is 1.56. The van der Waals surface area contributed by atoms with Gasteiger partial charge in [-0.25, -0.2) is 4.98 Å². The molecule has 0 aliphatic rings. The van der Waals surface area contributed by atoms with E-state index in [0.717, 1.165) is 4.47 Å². The van der Waals surface area contributed by atoms with Crippen LogP contribution in [-0.2, 0) is 0 Å². The molecule has 0 saturated carbocycles. The summed E-state index contributed by atoms with van der Waals surface area (Å²) in [5, 5.41) is 0. The number of halogens is 2. The van der Waals surface area contributed by atoms with Crippen LogP contribution in [0.4, 0.5) is 0 Å². The summed E-state index contributed by atoms with van der Waals surface area (Å²) in [7, 11) is 1.46. The maximum absolute atomic E-state index is 11.3. The molecule has 70 valence electrons. The number of alkyl halides is 1. The average Bonchev–Trinajstić information content (AvgIpc) is 2.16. The van der Waals surface area contributed by atoms with Gasteiger partial charge in [0.05, 0.1) is 18.6 Å². The van der Waals surface area contributed by atoms with Crippen LogP contribution in [0.1, 0.15) is 10.4 Å². The molecular weight excluding hydrogens is 257 g/mol. The smallest absolute Gasteiger partial charge is 0.224 e. The molecule has 0 fully saturated rings. The number of carbonyl (C=O) groups is 1. The van der Waals surface area contributed by atoms with Gasteiger partial charge < -0.3 is 4.74 Å². The van der Waals surface area contributed by atoms with Crippen molar-refractivity contribution in [3.05, 3.63) is 22.3 Å². The Morgan fingerprint density at radius 2 is 2.46 bits per heavy atom. The first-order chi connectivity index (χ1) is 6.19. The molecule has 0 radical (unpaired) electrons. The molecule has 0 unspecified atom stereocenters. The highest BCUT2D eigenvalue weighted by Crippen LogP contribution is 2.20. The largest absolute Gasteiger partial charge is 0.480 e. The van der Waals surface area contributed by atoms with Crippen molar-refractivity contribution in [1.82, 2.24) is 4.98 Å². The number of nitrogens with zero attached hydrogens (tertiary/aromatic N) is 1. The van der Waals surface area contributed by atoms with E-state index in [0.29, 0.717) is 11.4 Å². The minimum absolute atomic E-state index is 0.0749. The number of hydrogen-bond acceptors (Lipinski definition) is 3. The second-order valence-electron chi connectivity index (χ2n) is 2.27. The Labute approximate surface area is 89.2 Å². The van der Waals surface area contributed by atoms with Gasteiger partial charge in [0.15, 0.2) is 5.78 Å². The highest BCUT2D eigenvalue weighted by molar-refractivity contribution is 9.10. The van der Waals surface area contributed by atoms with E-state index in [9.17, 15) is 4.79 Å². The quantitative estimate of drug-likeness (QED) is 0.621. The molecule has 3 nitrogen and oxygen atoms in total. The molecule has 0 saturated heterocycles. The third-order valence-corrected chi connectivity index (χ3v) is 2.11. The number of hydrogen-bond donors (Lipinski definition) is 0. The van der Waals surface area contributed by atoms with E-state index in [1.165, 1.54) is 7.11 Å². The van der Waals surface area contributed by atoms with E-state index in [1.807, 2.05) is 0 Å². The Hall–Kier alpha value is -0.610. The molecule has 1 rings (SSSR count). The Morgan fingerprint density at radius 1 is 1.77 bits per heavy atom. The zero-order chi connectivity index (χ0) is 9.84. The third kappa shape index (κ3) is 2.42. The van der Waals surface area contributed by atoms with Crippen LogP contribution in [0.25, 0.3) is 0 Å². The van der Waals surface area contributed by atoms with Gasteiger partial charge in [0.2, 0.25) is 5.88 Å². The zero-order valence-electron chi connectivity index (χ0n) is 6.88. The number of methoxy groups -OCH3 is 1. The van der Waals surface area contributed by atoms with Crippen molar-refractivity contribution in [2.24, 2.45) is 0 Å². The van der Waals surface area contributed by atoms with Gasteiger partial charge in [-0.1, -0.05) is 0 Å². The van der Waals surface area contributed by atoms with Gasteiger partial charge in [-0.15, -0.1) is 11.6 Å². The maximum atomic E-state index is 11.3.